The Morgan fingerprint density at radius 3 is 1.17 bits per heavy atom. The van der Waals surface area contributed by atoms with Gasteiger partial charge in [0.1, 0.15) is 16.8 Å². The highest BCUT2D eigenvalue weighted by Crippen LogP contribution is 2.76. The van der Waals surface area contributed by atoms with Crippen molar-refractivity contribution in [2.24, 2.45) is 33.5 Å². The first-order chi connectivity index (χ1) is 51.6. The van der Waals surface area contributed by atoms with Gasteiger partial charge in [0, 0.05) is 68.1 Å². The molecule has 9 nitrogen and oxygen atoms in total. The third-order valence-corrected chi connectivity index (χ3v) is 26.7. The second-order valence-corrected chi connectivity index (χ2v) is 32.3. The van der Waals surface area contributed by atoms with Gasteiger partial charge in [-0.2, -0.15) is 0 Å². The molecule has 0 unspecified atom stereocenters. The van der Waals surface area contributed by atoms with Crippen LogP contribution in [0.25, 0.3) is 123 Å². The van der Waals surface area contributed by atoms with Crippen molar-refractivity contribution in [2.75, 3.05) is 0 Å². The Labute approximate surface area is 620 Å². The molecule has 2 saturated heterocycles. The molecule has 2 aliphatic heterocycles. The number of rotatable bonds is 13. The first-order valence-corrected chi connectivity index (χ1v) is 37.7. The zero-order chi connectivity index (χ0) is 71.5. The second-order valence-electron chi connectivity index (χ2n) is 32.3. The fourth-order valence-electron chi connectivity index (χ4n) is 20.7. The number of hydrogen-bond acceptors (Lipinski definition) is 9. The highest BCUT2D eigenvalue weighted by atomic mass is 16.7. The smallest absolute Gasteiger partial charge is 0.437 e. The molecule has 11 heteroatoms. The van der Waals surface area contributed by atoms with Gasteiger partial charge in [-0.25, -0.2) is 4.98 Å². The quantitative estimate of drug-likeness (QED) is 0.104. The van der Waals surface area contributed by atoms with E-state index in [1.807, 2.05) is 31.6 Å². The first kappa shape index (κ1) is 64.9. The van der Waals surface area contributed by atoms with E-state index in [0.29, 0.717) is 17.5 Å². The van der Waals surface area contributed by atoms with Crippen molar-refractivity contribution in [3.63, 3.8) is 0 Å². The molecule has 0 N–H and O–H groups in total. The van der Waals surface area contributed by atoms with Crippen LogP contribution in [0.4, 0.5) is 0 Å². The van der Waals surface area contributed by atoms with Crippen LogP contribution in [0.1, 0.15) is 84.0 Å². The average molecular weight is 1380 g/mol. The van der Waals surface area contributed by atoms with Crippen molar-refractivity contribution in [1.82, 2.24) is 19.9 Å². The summed E-state index contributed by atoms with van der Waals surface area (Å²) < 4.78 is 35.6. The molecule has 516 valence electrons. The largest absolute Gasteiger partial charge is 0.494 e. The fraction of sp³-hybridized carbons (Fsp3) is 0.221. The van der Waals surface area contributed by atoms with Crippen LogP contribution in [0.15, 0.2) is 290 Å². The normalized spacial score (nSPS) is 24.3. The summed E-state index contributed by atoms with van der Waals surface area (Å²) in [6.45, 7) is 16.6. The summed E-state index contributed by atoms with van der Waals surface area (Å²) in [5.74, 6) is 0.664. The van der Waals surface area contributed by atoms with Crippen LogP contribution >= 0.6 is 0 Å². The topological polar surface area (TPSA) is 102 Å². The number of nitrogens with zero attached hydrogens (tertiary/aromatic N) is 4. The van der Waals surface area contributed by atoms with E-state index in [1.54, 1.807) is 0 Å². The predicted molar refractivity (Wildman–Crippen MR) is 427 cm³/mol. The van der Waals surface area contributed by atoms with Crippen LogP contribution < -0.4 is 10.9 Å². The molecule has 5 aromatic heterocycles. The molecule has 7 heterocycles. The maximum Gasteiger partial charge on any atom is 0.494 e. The zero-order valence-corrected chi connectivity index (χ0v) is 60.8. The Morgan fingerprint density at radius 1 is 0.349 bits per heavy atom. The van der Waals surface area contributed by atoms with Crippen LogP contribution in [0.3, 0.4) is 0 Å². The summed E-state index contributed by atoms with van der Waals surface area (Å²) in [4.78, 5) is 20.4. The molecule has 0 amide bonds. The Hall–Kier alpha value is -10.7. The highest BCUT2D eigenvalue weighted by molar-refractivity contribution is 6.62. The lowest BCUT2D eigenvalue weighted by atomic mass is 9.69. The third kappa shape index (κ3) is 9.64. The van der Waals surface area contributed by atoms with E-state index in [0.717, 1.165) is 159 Å². The molecule has 20 rings (SSSR count). The van der Waals surface area contributed by atoms with Gasteiger partial charge in [0.25, 0.3) is 0 Å². The number of benzene rings is 9. The summed E-state index contributed by atoms with van der Waals surface area (Å²) >= 11 is 0. The first-order valence-electron chi connectivity index (χ1n) is 37.7. The standard InChI is InChI=1S/C95H80B2N4O5/c1-59-39-43-79-78-37-22-38-80(86(78)102-87(79)101-59)83-46-42-64(58-100-83)74-33-16-19-36-77(74)67-52-65(75-34-17-14-31-72(75)62-40-44-81(98-56-62)60-23-20-29-70(54-60)96-103-88-92(6)49-47-84(90(92,2)3)94(88,105-96)68-25-10-8-11-26-68)51-66(53-67)76-35-18-15-32-73(76)63-41-45-82(99-57-63)61-24-21-30-71(55-61)97-104-89-93(7)50-48-85(91(93,4)5)95(89,106-97)69-27-12-9-13-28-69/h8-46,51-58,84-85,88-89H,47-50H2,1-7H3/t84-,85-,88-,89-,92-,93-,94+,95+/m0/s1. The number of fused-ring (bicyclic) bond motifs is 13. The molecule has 6 aliphatic rings. The van der Waals surface area contributed by atoms with Crippen molar-refractivity contribution >= 4 is 47.2 Å². The number of hydrogen-bond donors (Lipinski definition) is 0. The molecular weight excluding hydrogens is 1300 g/mol. The number of para-hydroxylation sites is 1. The van der Waals surface area contributed by atoms with Crippen molar-refractivity contribution < 1.29 is 23.0 Å². The Kier molecular flexibility index (Phi) is 14.8. The maximum absolute atomic E-state index is 7.38. The lowest BCUT2D eigenvalue weighted by Crippen LogP contribution is -2.45. The van der Waals surface area contributed by atoms with E-state index in [4.69, 9.17) is 43.0 Å². The average Bonchev–Trinajstić information content (AvgIpc) is 1.50. The molecule has 106 heavy (non-hydrogen) atoms. The van der Waals surface area contributed by atoms with Gasteiger partial charge in [0.15, 0.2) is 0 Å². The summed E-state index contributed by atoms with van der Waals surface area (Å²) in [5, 5.41) is 2.01. The van der Waals surface area contributed by atoms with Crippen LogP contribution in [0, 0.1) is 40.4 Å². The molecule has 8 atom stereocenters. The zero-order valence-electron chi connectivity index (χ0n) is 60.8. The van der Waals surface area contributed by atoms with Crippen molar-refractivity contribution in [2.45, 2.75) is 97.6 Å². The highest BCUT2D eigenvalue weighted by Gasteiger charge is 2.79. The van der Waals surface area contributed by atoms with Crippen LogP contribution in [0.2, 0.25) is 0 Å². The minimum Gasteiger partial charge on any atom is -0.437 e. The Balaban J connectivity index is 0.646. The fourth-order valence-corrected chi connectivity index (χ4v) is 20.7. The van der Waals surface area contributed by atoms with Gasteiger partial charge in [0.2, 0.25) is 5.71 Å². The molecule has 0 radical (unpaired) electrons. The van der Waals surface area contributed by atoms with Gasteiger partial charge in [-0.3, -0.25) is 15.0 Å². The molecule has 0 spiro atoms. The van der Waals surface area contributed by atoms with Crippen LogP contribution in [-0.2, 0) is 29.8 Å². The van der Waals surface area contributed by atoms with Crippen molar-refractivity contribution in [3.05, 3.63) is 302 Å². The van der Waals surface area contributed by atoms with E-state index in [-0.39, 0.29) is 33.9 Å². The summed E-state index contributed by atoms with van der Waals surface area (Å²) in [5.41, 5.74) is 23.9. The van der Waals surface area contributed by atoms with E-state index in [2.05, 4.69) is 302 Å². The van der Waals surface area contributed by atoms with Crippen molar-refractivity contribution in [3.8, 4) is 101 Å². The molecule has 6 fully saturated rings. The lowest BCUT2D eigenvalue weighted by molar-refractivity contribution is -0.0369. The van der Waals surface area contributed by atoms with Gasteiger partial charge in [-0.05, 0) is 193 Å². The summed E-state index contributed by atoms with van der Waals surface area (Å²) in [6.07, 6.45) is 10.4. The minimum absolute atomic E-state index is 0.0302. The van der Waals surface area contributed by atoms with Gasteiger partial charge < -0.3 is 23.0 Å². The summed E-state index contributed by atoms with van der Waals surface area (Å²) in [6, 6.07) is 95.5. The SMILES string of the molecule is Cc1ccc2c(n1)oc1c(-c3ccc(-c4ccccc4-c4cc(-c5ccccc5-c5ccc(-c6cccc(B7O[C@@H]8[C@](c9ccccc9)(O7)[C@H]7CC[C@]8(C)C7(C)C)c6)nc5)cc(-c5ccccc5-c5ccc(-c6cccc(B7O[C@@H]8[C@](c9ccccc9)(O7)[C@H]7CC[C@]8(C)C7(C)C)c6)nc5)c4)cn3)cccc12. The molecule has 4 saturated carbocycles. The Bertz CT molecular complexity index is 5560. The number of aromatic nitrogens is 4. The lowest BCUT2D eigenvalue weighted by Gasteiger charge is -2.41. The molecule has 4 aliphatic carbocycles. The van der Waals surface area contributed by atoms with E-state index in [9.17, 15) is 0 Å². The molecule has 4 bridgehead atoms. The minimum atomic E-state index is -0.527. The number of pyridine rings is 4. The van der Waals surface area contributed by atoms with Gasteiger partial charge >= 0.3 is 14.2 Å². The van der Waals surface area contributed by atoms with Gasteiger partial charge in [0.05, 0.1) is 29.3 Å². The molecular formula is C95H80B2N4O5. The van der Waals surface area contributed by atoms with Gasteiger partial charge in [-0.15, -0.1) is 0 Å². The van der Waals surface area contributed by atoms with Crippen LogP contribution in [0.5, 0.6) is 0 Å². The summed E-state index contributed by atoms with van der Waals surface area (Å²) in [7, 11) is -1.02. The van der Waals surface area contributed by atoms with E-state index < -0.39 is 25.4 Å². The van der Waals surface area contributed by atoms with Crippen molar-refractivity contribution in [1.29, 1.82) is 0 Å². The van der Waals surface area contributed by atoms with E-state index >= 15 is 0 Å². The maximum atomic E-state index is 7.38. The number of furan rings is 1. The molecule has 14 aromatic rings. The predicted octanol–water partition coefficient (Wildman–Crippen LogP) is 21.4. The number of aryl methyl sites for hydroxylation is 1. The monoisotopic (exact) mass is 1380 g/mol. The second kappa shape index (κ2) is 24.2. The van der Waals surface area contributed by atoms with Crippen LogP contribution in [-0.4, -0.2) is 46.4 Å². The van der Waals surface area contributed by atoms with E-state index in [1.165, 1.54) is 11.1 Å². The Morgan fingerprint density at radius 2 is 0.745 bits per heavy atom. The third-order valence-electron chi connectivity index (χ3n) is 26.7. The van der Waals surface area contributed by atoms with Gasteiger partial charge in [-0.1, -0.05) is 254 Å². The molecule has 9 aromatic carbocycles.